The first-order valence-electron chi connectivity index (χ1n) is 9.67. The average Bonchev–Trinajstić information content (AvgIpc) is 3.40. The van der Waals surface area contributed by atoms with Crippen molar-refractivity contribution in [3.8, 4) is 5.75 Å². The molecule has 4 aromatic rings. The van der Waals surface area contributed by atoms with Gasteiger partial charge in [0.25, 0.3) is 5.91 Å². The van der Waals surface area contributed by atoms with Gasteiger partial charge in [0.1, 0.15) is 22.7 Å². The van der Waals surface area contributed by atoms with E-state index in [1.54, 1.807) is 18.2 Å². The zero-order valence-electron chi connectivity index (χ0n) is 16.4. The molecule has 0 aliphatic carbocycles. The number of anilines is 1. The molecule has 1 unspecified atom stereocenters. The van der Waals surface area contributed by atoms with E-state index in [0.717, 1.165) is 12.5 Å². The van der Waals surface area contributed by atoms with E-state index in [9.17, 15) is 14.0 Å². The topological polar surface area (TPSA) is 85.5 Å². The van der Waals surface area contributed by atoms with E-state index in [1.807, 2.05) is 13.0 Å². The molecule has 1 aliphatic rings. The number of rotatable bonds is 5. The maximum atomic E-state index is 13.8. The third kappa shape index (κ3) is 3.17. The van der Waals surface area contributed by atoms with Crippen LogP contribution in [0.4, 0.5) is 9.52 Å². The summed E-state index contributed by atoms with van der Waals surface area (Å²) in [5.74, 6) is -0.519. The number of amides is 1. The number of benzene rings is 2. The molecule has 3 heterocycles. The maximum absolute atomic E-state index is 13.8. The quantitative estimate of drug-likeness (QED) is 0.462. The Morgan fingerprint density at radius 1 is 1.23 bits per heavy atom. The first kappa shape index (κ1) is 19.4. The lowest BCUT2D eigenvalue weighted by molar-refractivity contribution is 0.0970. The molecule has 2 aromatic heterocycles. The van der Waals surface area contributed by atoms with Gasteiger partial charge < -0.3 is 9.15 Å². The summed E-state index contributed by atoms with van der Waals surface area (Å²) in [6, 6.07) is 10.0. The van der Waals surface area contributed by atoms with Crippen molar-refractivity contribution in [2.45, 2.75) is 19.4 Å². The number of ether oxygens (including phenoxy) is 1. The second-order valence-electron chi connectivity index (χ2n) is 7.03. The fraction of sp³-hybridized carbons (Fsp3) is 0.182. The molecule has 31 heavy (non-hydrogen) atoms. The van der Waals surface area contributed by atoms with Gasteiger partial charge in [-0.05, 0) is 42.3 Å². The van der Waals surface area contributed by atoms with Gasteiger partial charge in [-0.3, -0.25) is 14.5 Å². The van der Waals surface area contributed by atoms with Crippen molar-refractivity contribution >= 4 is 33.3 Å². The maximum Gasteiger partial charge on any atom is 0.297 e. The highest BCUT2D eigenvalue weighted by Gasteiger charge is 2.45. The van der Waals surface area contributed by atoms with Crippen LogP contribution in [0, 0.1) is 5.82 Å². The molecule has 0 saturated carbocycles. The van der Waals surface area contributed by atoms with Gasteiger partial charge in [0, 0.05) is 0 Å². The summed E-state index contributed by atoms with van der Waals surface area (Å²) < 4.78 is 25.4. The third-order valence-electron chi connectivity index (χ3n) is 5.03. The number of fused-ring (bicyclic) bond motifs is 2. The minimum atomic E-state index is -0.801. The summed E-state index contributed by atoms with van der Waals surface area (Å²) >= 11 is 1.17. The van der Waals surface area contributed by atoms with Crippen LogP contribution < -0.4 is 15.1 Å². The monoisotopic (exact) mass is 437 g/mol. The molecule has 2 aromatic carbocycles. The van der Waals surface area contributed by atoms with Crippen molar-refractivity contribution in [1.82, 2.24) is 10.2 Å². The molecule has 9 heteroatoms. The van der Waals surface area contributed by atoms with Crippen molar-refractivity contribution in [3.05, 3.63) is 80.9 Å². The van der Waals surface area contributed by atoms with Crippen LogP contribution in [0.5, 0.6) is 5.75 Å². The first-order chi connectivity index (χ1) is 15.1. The van der Waals surface area contributed by atoms with Crippen LogP contribution in [0.3, 0.4) is 0 Å². The van der Waals surface area contributed by atoms with E-state index in [2.05, 4.69) is 10.2 Å². The molecule has 5 rings (SSSR count). The lowest BCUT2D eigenvalue weighted by atomic mass is 9.98. The van der Waals surface area contributed by atoms with Crippen molar-refractivity contribution in [3.63, 3.8) is 0 Å². The molecule has 0 N–H and O–H groups in total. The van der Waals surface area contributed by atoms with Gasteiger partial charge >= 0.3 is 0 Å². The molecule has 0 bridgehead atoms. The summed E-state index contributed by atoms with van der Waals surface area (Å²) in [5, 5.41) is 8.27. The number of carbonyl (C=O) groups excluding carboxylic acids is 1. The van der Waals surface area contributed by atoms with E-state index in [0.29, 0.717) is 23.1 Å². The third-order valence-corrected chi connectivity index (χ3v) is 5.72. The Balaban J connectivity index is 1.75. The van der Waals surface area contributed by atoms with Gasteiger partial charge in [-0.15, -0.1) is 10.2 Å². The molecule has 0 radical (unpaired) electrons. The number of hydrogen-bond acceptors (Lipinski definition) is 7. The molecule has 1 atom stereocenters. The molecule has 1 aliphatic heterocycles. The second-order valence-corrected chi connectivity index (χ2v) is 7.85. The highest BCUT2D eigenvalue weighted by molar-refractivity contribution is 7.13. The van der Waals surface area contributed by atoms with Gasteiger partial charge in [0.05, 0.1) is 23.6 Å². The summed E-state index contributed by atoms with van der Waals surface area (Å²) in [6.45, 7) is 2.54. The summed E-state index contributed by atoms with van der Waals surface area (Å²) in [7, 11) is 0. The van der Waals surface area contributed by atoms with E-state index in [1.165, 1.54) is 33.9 Å². The number of aromatic nitrogens is 2. The Morgan fingerprint density at radius 3 is 2.87 bits per heavy atom. The smallest absolute Gasteiger partial charge is 0.297 e. The Kier molecular flexibility index (Phi) is 4.74. The van der Waals surface area contributed by atoms with Gasteiger partial charge in [-0.1, -0.05) is 30.4 Å². The molecule has 1 amide bonds. The predicted octanol–water partition coefficient (Wildman–Crippen LogP) is 4.32. The zero-order chi connectivity index (χ0) is 21.5. The fourth-order valence-corrected chi connectivity index (χ4v) is 4.31. The van der Waals surface area contributed by atoms with Gasteiger partial charge in [0.15, 0.2) is 5.43 Å². The van der Waals surface area contributed by atoms with Gasteiger partial charge in [-0.25, -0.2) is 4.39 Å². The number of carbonyl (C=O) groups is 1. The SMILES string of the molecule is CCCOc1cccc(C2c3c(oc4ccc(F)cc4c3=O)C(=O)N2c2nncs2)c1. The van der Waals surface area contributed by atoms with Gasteiger partial charge in [-0.2, -0.15) is 0 Å². The van der Waals surface area contributed by atoms with E-state index < -0.39 is 23.2 Å². The van der Waals surface area contributed by atoms with Gasteiger partial charge in [0.2, 0.25) is 10.9 Å². The standard InChI is InChI=1S/C22H16FN3O4S/c1-2-8-29-14-5-3-4-12(9-14)18-17-19(27)15-10-13(23)6-7-16(15)30-20(17)21(28)26(18)22-25-24-11-31-22/h3-7,9-11,18H,2,8H2,1H3. The highest BCUT2D eigenvalue weighted by Crippen LogP contribution is 2.42. The van der Waals surface area contributed by atoms with Crippen molar-refractivity contribution in [2.24, 2.45) is 0 Å². The van der Waals surface area contributed by atoms with Crippen molar-refractivity contribution in [1.29, 1.82) is 0 Å². The van der Waals surface area contributed by atoms with Crippen LogP contribution in [0.1, 0.15) is 41.1 Å². The average molecular weight is 437 g/mol. The second kappa shape index (κ2) is 7.59. The number of halogens is 1. The van der Waals surface area contributed by atoms with Crippen LogP contribution >= 0.6 is 11.3 Å². The molecule has 0 fully saturated rings. The number of hydrogen-bond donors (Lipinski definition) is 0. The summed E-state index contributed by atoms with van der Waals surface area (Å²) in [6.07, 6.45) is 0.840. The van der Waals surface area contributed by atoms with Crippen molar-refractivity contribution in [2.75, 3.05) is 11.5 Å². The predicted molar refractivity (Wildman–Crippen MR) is 113 cm³/mol. The molecular formula is C22H16FN3O4S. The largest absolute Gasteiger partial charge is 0.494 e. The lowest BCUT2D eigenvalue weighted by Gasteiger charge is -2.22. The molecule has 0 spiro atoms. The van der Waals surface area contributed by atoms with Crippen LogP contribution in [-0.4, -0.2) is 22.7 Å². The Labute approximate surface area is 179 Å². The van der Waals surface area contributed by atoms with Crippen LogP contribution in [0.15, 0.2) is 57.2 Å². The molecule has 7 nitrogen and oxygen atoms in total. The molecule has 0 saturated heterocycles. The summed E-state index contributed by atoms with van der Waals surface area (Å²) in [5.41, 5.74) is 1.99. The van der Waals surface area contributed by atoms with Crippen LogP contribution in [0.2, 0.25) is 0 Å². The lowest BCUT2D eigenvalue weighted by Crippen LogP contribution is -2.29. The zero-order valence-corrected chi connectivity index (χ0v) is 17.2. The minimum absolute atomic E-state index is 0.0778. The van der Waals surface area contributed by atoms with E-state index in [4.69, 9.17) is 9.15 Å². The minimum Gasteiger partial charge on any atom is -0.494 e. The van der Waals surface area contributed by atoms with E-state index in [-0.39, 0.29) is 22.3 Å². The van der Waals surface area contributed by atoms with Crippen LogP contribution in [0.25, 0.3) is 11.0 Å². The van der Waals surface area contributed by atoms with Crippen LogP contribution in [-0.2, 0) is 0 Å². The number of nitrogens with zero attached hydrogens (tertiary/aromatic N) is 3. The highest BCUT2D eigenvalue weighted by atomic mass is 32.1. The molecule has 156 valence electrons. The first-order valence-corrected chi connectivity index (χ1v) is 10.5. The fourth-order valence-electron chi connectivity index (χ4n) is 3.72. The normalized spacial score (nSPS) is 15.5. The Morgan fingerprint density at radius 2 is 2.10 bits per heavy atom. The summed E-state index contributed by atoms with van der Waals surface area (Å²) in [4.78, 5) is 28.1. The van der Waals surface area contributed by atoms with E-state index >= 15 is 0 Å². The Bertz CT molecular complexity index is 1350. The Hall–Kier alpha value is -3.59. The molecular weight excluding hydrogens is 421 g/mol. The van der Waals surface area contributed by atoms with Crippen molar-refractivity contribution < 1.29 is 18.3 Å².